The van der Waals surface area contributed by atoms with Crippen LogP contribution in [0.5, 0.6) is 0 Å². The van der Waals surface area contributed by atoms with Crippen LogP contribution in [0.25, 0.3) is 0 Å². The molecule has 1 N–H and O–H groups in total. The molecule has 2 fully saturated rings. The summed E-state index contributed by atoms with van der Waals surface area (Å²) in [6.45, 7) is 10.9. The molecule has 1 saturated carbocycles. The first-order chi connectivity index (χ1) is 10.2. The number of piperidine rings is 1. The van der Waals surface area contributed by atoms with Crippen molar-refractivity contribution in [3.63, 3.8) is 0 Å². The molecule has 128 valence electrons. The number of nitrogens with zero attached hydrogens (tertiary/aromatic N) is 1. The van der Waals surface area contributed by atoms with E-state index >= 15 is 0 Å². The largest absolute Gasteiger partial charge is 0.444 e. The Morgan fingerprint density at radius 2 is 1.86 bits per heavy atom. The van der Waals surface area contributed by atoms with Gasteiger partial charge in [-0.25, -0.2) is 4.79 Å². The molecule has 2 aliphatic rings. The summed E-state index contributed by atoms with van der Waals surface area (Å²) >= 11 is 0. The first-order valence-corrected chi connectivity index (χ1v) is 8.86. The van der Waals surface area contributed by atoms with E-state index in [9.17, 15) is 9.90 Å². The van der Waals surface area contributed by atoms with Crippen molar-refractivity contribution in [1.82, 2.24) is 4.90 Å². The highest BCUT2D eigenvalue weighted by molar-refractivity contribution is 5.68. The van der Waals surface area contributed by atoms with Gasteiger partial charge in [0, 0.05) is 18.5 Å². The maximum Gasteiger partial charge on any atom is 0.410 e. The first kappa shape index (κ1) is 17.6. The average molecular weight is 311 g/mol. The Bertz CT molecular complexity index is 378. The number of amides is 1. The summed E-state index contributed by atoms with van der Waals surface area (Å²) in [6, 6.07) is 0.126. The average Bonchev–Trinajstić information content (AvgIpc) is 2.36. The molecular weight excluding hydrogens is 278 g/mol. The molecule has 0 aromatic heterocycles. The van der Waals surface area contributed by atoms with Crippen molar-refractivity contribution in [2.45, 2.75) is 84.5 Å². The molecule has 1 saturated heterocycles. The second kappa shape index (κ2) is 6.77. The molecule has 0 spiro atoms. The Hall–Kier alpha value is -0.770. The lowest BCUT2D eigenvalue weighted by Gasteiger charge is -2.47. The van der Waals surface area contributed by atoms with E-state index in [1.54, 1.807) is 0 Å². The van der Waals surface area contributed by atoms with Gasteiger partial charge in [0.25, 0.3) is 0 Å². The Labute approximate surface area is 135 Å². The molecule has 22 heavy (non-hydrogen) atoms. The van der Waals surface area contributed by atoms with E-state index in [1.165, 1.54) is 0 Å². The zero-order valence-electron chi connectivity index (χ0n) is 14.8. The minimum Gasteiger partial charge on any atom is -0.444 e. The standard InChI is InChI=1S/C18H33NO3/c1-12-10-13(2)16(15(20)11-12)14-8-6-7-9-19(14)17(21)22-18(3,4)5/h12-16,20H,6-11H2,1-5H3. The number of carbonyl (C=O) groups is 1. The van der Waals surface area contributed by atoms with Crippen molar-refractivity contribution in [2.75, 3.05) is 6.54 Å². The van der Waals surface area contributed by atoms with Crippen LogP contribution in [-0.2, 0) is 4.74 Å². The Morgan fingerprint density at radius 1 is 1.18 bits per heavy atom. The second-order valence-corrected chi connectivity index (χ2v) is 8.44. The molecule has 1 amide bonds. The minimum atomic E-state index is -0.468. The topological polar surface area (TPSA) is 49.8 Å². The Morgan fingerprint density at radius 3 is 2.45 bits per heavy atom. The van der Waals surface area contributed by atoms with Crippen LogP contribution in [0.1, 0.15) is 66.7 Å². The van der Waals surface area contributed by atoms with Crippen LogP contribution in [0.15, 0.2) is 0 Å². The molecule has 5 atom stereocenters. The number of likely N-dealkylation sites (tertiary alicyclic amines) is 1. The molecule has 2 rings (SSSR count). The molecule has 1 aliphatic carbocycles. The molecule has 1 aliphatic heterocycles. The van der Waals surface area contributed by atoms with Gasteiger partial charge in [-0.1, -0.05) is 13.8 Å². The summed E-state index contributed by atoms with van der Waals surface area (Å²) in [4.78, 5) is 14.5. The number of aliphatic hydroxyl groups is 1. The molecule has 4 nitrogen and oxygen atoms in total. The third-order valence-electron chi connectivity index (χ3n) is 5.14. The third kappa shape index (κ3) is 4.15. The number of rotatable bonds is 1. The lowest BCUT2D eigenvalue weighted by molar-refractivity contribution is -0.0523. The summed E-state index contributed by atoms with van der Waals surface area (Å²) in [6.07, 6.45) is 4.63. The number of ether oxygens (including phenoxy) is 1. The van der Waals surface area contributed by atoms with Gasteiger partial charge in [0.05, 0.1) is 6.10 Å². The van der Waals surface area contributed by atoms with Crippen LogP contribution in [0.3, 0.4) is 0 Å². The highest BCUT2D eigenvalue weighted by Gasteiger charge is 2.43. The molecule has 4 heteroatoms. The molecule has 0 bridgehead atoms. The highest BCUT2D eigenvalue weighted by atomic mass is 16.6. The van der Waals surface area contributed by atoms with E-state index in [2.05, 4.69) is 13.8 Å². The number of carbonyl (C=O) groups excluding carboxylic acids is 1. The quantitative estimate of drug-likeness (QED) is 0.801. The number of hydrogen-bond acceptors (Lipinski definition) is 3. The van der Waals surface area contributed by atoms with E-state index in [0.717, 1.165) is 38.6 Å². The monoisotopic (exact) mass is 311 g/mol. The highest BCUT2D eigenvalue weighted by Crippen LogP contribution is 2.40. The van der Waals surface area contributed by atoms with Crippen LogP contribution < -0.4 is 0 Å². The van der Waals surface area contributed by atoms with E-state index in [4.69, 9.17) is 4.74 Å². The fourth-order valence-electron chi connectivity index (χ4n) is 4.38. The predicted molar refractivity (Wildman–Crippen MR) is 87.6 cm³/mol. The number of aliphatic hydroxyl groups excluding tert-OH is 1. The van der Waals surface area contributed by atoms with E-state index in [1.807, 2.05) is 25.7 Å². The third-order valence-corrected chi connectivity index (χ3v) is 5.14. The maximum absolute atomic E-state index is 12.6. The van der Waals surface area contributed by atoms with Crippen molar-refractivity contribution in [2.24, 2.45) is 17.8 Å². The molecule has 0 aromatic rings. The minimum absolute atomic E-state index is 0.126. The molecule has 1 heterocycles. The second-order valence-electron chi connectivity index (χ2n) is 8.44. The molecule has 5 unspecified atom stereocenters. The van der Waals surface area contributed by atoms with Crippen LogP contribution in [0.4, 0.5) is 4.79 Å². The normalized spacial score (nSPS) is 37.0. The van der Waals surface area contributed by atoms with Gasteiger partial charge < -0.3 is 14.7 Å². The fourth-order valence-corrected chi connectivity index (χ4v) is 4.38. The fraction of sp³-hybridized carbons (Fsp3) is 0.944. The summed E-state index contributed by atoms with van der Waals surface area (Å²) in [5.41, 5.74) is -0.468. The van der Waals surface area contributed by atoms with Crippen molar-refractivity contribution >= 4 is 6.09 Å². The van der Waals surface area contributed by atoms with Gasteiger partial charge in [0.2, 0.25) is 0 Å². The van der Waals surface area contributed by atoms with E-state index in [-0.39, 0.29) is 24.2 Å². The van der Waals surface area contributed by atoms with Crippen LogP contribution in [-0.4, -0.2) is 40.4 Å². The van der Waals surface area contributed by atoms with Crippen LogP contribution >= 0.6 is 0 Å². The van der Waals surface area contributed by atoms with Crippen LogP contribution in [0, 0.1) is 17.8 Å². The SMILES string of the molecule is CC1CC(C)C(C2CCCCN2C(=O)OC(C)(C)C)C(O)C1. The number of hydrogen-bond donors (Lipinski definition) is 1. The lowest BCUT2D eigenvalue weighted by Crippen LogP contribution is -2.54. The maximum atomic E-state index is 12.6. The van der Waals surface area contributed by atoms with Crippen LogP contribution in [0.2, 0.25) is 0 Å². The molecule has 0 aromatic carbocycles. The first-order valence-electron chi connectivity index (χ1n) is 8.86. The van der Waals surface area contributed by atoms with Crippen molar-refractivity contribution < 1.29 is 14.6 Å². The summed E-state index contributed by atoms with van der Waals surface area (Å²) in [5, 5.41) is 10.6. The summed E-state index contributed by atoms with van der Waals surface area (Å²) in [5.74, 6) is 1.20. The zero-order valence-corrected chi connectivity index (χ0v) is 14.8. The van der Waals surface area contributed by atoms with Gasteiger partial charge >= 0.3 is 6.09 Å². The van der Waals surface area contributed by atoms with Gasteiger partial charge in [-0.05, 0) is 64.7 Å². The summed E-state index contributed by atoms with van der Waals surface area (Å²) < 4.78 is 5.60. The van der Waals surface area contributed by atoms with Crippen molar-refractivity contribution in [3.8, 4) is 0 Å². The van der Waals surface area contributed by atoms with Gasteiger partial charge in [0.15, 0.2) is 0 Å². The van der Waals surface area contributed by atoms with Crippen molar-refractivity contribution in [1.29, 1.82) is 0 Å². The smallest absolute Gasteiger partial charge is 0.410 e. The van der Waals surface area contributed by atoms with E-state index < -0.39 is 5.60 Å². The van der Waals surface area contributed by atoms with Gasteiger partial charge in [-0.2, -0.15) is 0 Å². The molecule has 0 radical (unpaired) electrons. The Balaban J connectivity index is 2.13. The van der Waals surface area contributed by atoms with Gasteiger partial charge in [-0.3, -0.25) is 0 Å². The lowest BCUT2D eigenvalue weighted by atomic mass is 9.69. The van der Waals surface area contributed by atoms with Gasteiger partial charge in [0.1, 0.15) is 5.60 Å². The summed E-state index contributed by atoms with van der Waals surface area (Å²) in [7, 11) is 0. The zero-order chi connectivity index (χ0) is 16.5. The Kier molecular flexibility index (Phi) is 5.41. The van der Waals surface area contributed by atoms with E-state index in [0.29, 0.717) is 11.8 Å². The predicted octanol–water partition coefficient (Wildman–Crippen LogP) is 3.82. The van der Waals surface area contributed by atoms with Crippen molar-refractivity contribution in [3.05, 3.63) is 0 Å². The molecular formula is C18H33NO3. The van der Waals surface area contributed by atoms with Gasteiger partial charge in [-0.15, -0.1) is 0 Å².